The zero-order valence-electron chi connectivity index (χ0n) is 6.33. The number of nitrogens with zero attached hydrogens (tertiary/aromatic N) is 1. The fraction of sp³-hybridized carbons (Fsp3) is 0.875. The van der Waals surface area contributed by atoms with E-state index in [-0.39, 0.29) is 0 Å². The van der Waals surface area contributed by atoms with Gasteiger partial charge >= 0.3 is 0 Å². The Hall–Kier alpha value is -0.240. The summed E-state index contributed by atoms with van der Waals surface area (Å²) in [5.41, 5.74) is 0. The highest BCUT2D eigenvalue weighted by atomic mass is 35.5. The smallest absolute Gasteiger partial charge is 0.148 e. The van der Waals surface area contributed by atoms with E-state index in [2.05, 4.69) is 5.16 Å². The summed E-state index contributed by atoms with van der Waals surface area (Å²) < 4.78 is 0. The van der Waals surface area contributed by atoms with Crippen molar-refractivity contribution >= 4 is 16.8 Å². The average molecular weight is 174 g/mol. The van der Waals surface area contributed by atoms with Crippen molar-refractivity contribution in [3.63, 3.8) is 0 Å². The maximum absolute atomic E-state index is 8.44. The first-order chi connectivity index (χ1) is 5.31. The number of halogens is 1. The lowest BCUT2D eigenvalue weighted by molar-refractivity contribution is 0.311. The Bertz CT molecular complexity index is 193. The Morgan fingerprint density at radius 2 is 2.09 bits per heavy atom. The van der Waals surface area contributed by atoms with Crippen molar-refractivity contribution in [1.29, 1.82) is 0 Å². The van der Waals surface area contributed by atoms with Crippen LogP contribution >= 0.6 is 11.6 Å². The lowest BCUT2D eigenvalue weighted by Crippen LogP contribution is -2.14. The van der Waals surface area contributed by atoms with Gasteiger partial charge < -0.3 is 5.21 Å². The van der Waals surface area contributed by atoms with Crippen LogP contribution in [0.4, 0.5) is 0 Å². The number of hydrogen-bond donors (Lipinski definition) is 1. The van der Waals surface area contributed by atoms with Gasteiger partial charge in [0.1, 0.15) is 5.17 Å². The monoisotopic (exact) mass is 173 g/mol. The molecule has 2 saturated carbocycles. The molecular weight excluding hydrogens is 162 g/mol. The molecule has 0 bridgehead atoms. The Morgan fingerprint density at radius 1 is 1.27 bits per heavy atom. The fourth-order valence-corrected chi connectivity index (χ4v) is 2.35. The van der Waals surface area contributed by atoms with Crippen LogP contribution in [0.1, 0.15) is 25.7 Å². The fourth-order valence-electron chi connectivity index (χ4n) is 2.15. The molecule has 0 aromatic carbocycles. The minimum atomic E-state index is 0.352. The van der Waals surface area contributed by atoms with E-state index < -0.39 is 0 Å². The van der Waals surface area contributed by atoms with Gasteiger partial charge in [-0.1, -0.05) is 16.8 Å². The average Bonchev–Trinajstić information content (AvgIpc) is 2.80. The van der Waals surface area contributed by atoms with Crippen molar-refractivity contribution in [3.8, 4) is 0 Å². The minimum Gasteiger partial charge on any atom is -0.410 e. The summed E-state index contributed by atoms with van der Waals surface area (Å²) in [4.78, 5) is 0. The lowest BCUT2D eigenvalue weighted by atomic mass is 9.90. The van der Waals surface area contributed by atoms with Crippen LogP contribution in [0, 0.1) is 17.8 Å². The van der Waals surface area contributed by atoms with E-state index in [9.17, 15) is 0 Å². The Kier molecular flexibility index (Phi) is 1.80. The molecule has 0 amide bonds. The van der Waals surface area contributed by atoms with Crippen LogP contribution in [0.25, 0.3) is 0 Å². The second-order valence-corrected chi connectivity index (χ2v) is 4.08. The number of fused-ring (bicyclic) bond motifs is 1. The van der Waals surface area contributed by atoms with Crippen LogP contribution in [-0.2, 0) is 0 Å². The van der Waals surface area contributed by atoms with Gasteiger partial charge in [0.2, 0.25) is 0 Å². The third-order valence-electron chi connectivity index (χ3n) is 2.97. The molecule has 0 spiro atoms. The van der Waals surface area contributed by atoms with Crippen LogP contribution in [-0.4, -0.2) is 10.4 Å². The summed E-state index contributed by atoms with van der Waals surface area (Å²) in [6.07, 6.45) is 4.92. The quantitative estimate of drug-likeness (QED) is 0.369. The van der Waals surface area contributed by atoms with Gasteiger partial charge in [-0.05, 0) is 37.5 Å². The predicted octanol–water partition coefficient (Wildman–Crippen LogP) is 2.45. The molecule has 2 aliphatic rings. The molecule has 0 radical (unpaired) electrons. The van der Waals surface area contributed by atoms with Crippen molar-refractivity contribution in [2.24, 2.45) is 22.9 Å². The van der Waals surface area contributed by atoms with Gasteiger partial charge in [0, 0.05) is 5.92 Å². The molecular formula is C8H12ClNO. The molecule has 0 aliphatic heterocycles. The van der Waals surface area contributed by atoms with Crippen LogP contribution < -0.4 is 0 Å². The lowest BCUT2D eigenvalue weighted by Gasteiger charge is -2.18. The summed E-state index contributed by atoms with van der Waals surface area (Å²) in [5, 5.41) is 11.9. The minimum absolute atomic E-state index is 0.352. The Balaban J connectivity index is 1.94. The first-order valence-electron chi connectivity index (χ1n) is 4.18. The van der Waals surface area contributed by atoms with Gasteiger partial charge in [-0.15, -0.1) is 0 Å². The van der Waals surface area contributed by atoms with Crippen molar-refractivity contribution in [3.05, 3.63) is 0 Å². The third kappa shape index (κ3) is 1.36. The van der Waals surface area contributed by atoms with E-state index in [1.807, 2.05) is 0 Å². The van der Waals surface area contributed by atoms with E-state index in [1.165, 1.54) is 12.8 Å². The summed E-state index contributed by atoms with van der Waals surface area (Å²) in [5.74, 6) is 2.23. The number of oxime groups is 1. The molecule has 0 saturated heterocycles. The number of hydrogen-bond acceptors (Lipinski definition) is 2. The van der Waals surface area contributed by atoms with Crippen LogP contribution in [0.5, 0.6) is 0 Å². The van der Waals surface area contributed by atoms with E-state index in [0.717, 1.165) is 24.7 Å². The largest absolute Gasteiger partial charge is 0.410 e. The zero-order chi connectivity index (χ0) is 7.84. The van der Waals surface area contributed by atoms with E-state index >= 15 is 0 Å². The standard InChI is InChI=1S/C8H12ClNO/c9-8(10-11)6-2-1-5-3-7(5)4-6/h5-7,11H,1-4H2/b10-8+. The van der Waals surface area contributed by atoms with Gasteiger partial charge in [0.25, 0.3) is 0 Å². The maximum Gasteiger partial charge on any atom is 0.148 e. The first-order valence-corrected chi connectivity index (χ1v) is 4.56. The Morgan fingerprint density at radius 3 is 2.73 bits per heavy atom. The van der Waals surface area contributed by atoms with Gasteiger partial charge in [0.15, 0.2) is 0 Å². The van der Waals surface area contributed by atoms with Gasteiger partial charge in [-0.25, -0.2) is 0 Å². The van der Waals surface area contributed by atoms with Gasteiger partial charge in [-0.3, -0.25) is 0 Å². The molecule has 0 aromatic heterocycles. The van der Waals surface area contributed by atoms with Crippen molar-refractivity contribution < 1.29 is 5.21 Å². The SMILES string of the molecule is O/N=C(/Cl)C1CCC2CC2C1. The topological polar surface area (TPSA) is 32.6 Å². The summed E-state index contributed by atoms with van der Waals surface area (Å²) in [7, 11) is 0. The Labute approximate surface area is 71.2 Å². The molecule has 1 N–H and O–H groups in total. The molecule has 62 valence electrons. The molecule has 2 fully saturated rings. The van der Waals surface area contributed by atoms with E-state index in [0.29, 0.717) is 11.1 Å². The van der Waals surface area contributed by atoms with Gasteiger partial charge in [-0.2, -0.15) is 0 Å². The molecule has 0 aromatic rings. The highest BCUT2D eigenvalue weighted by Crippen LogP contribution is 2.51. The summed E-state index contributed by atoms with van der Waals surface area (Å²) >= 11 is 5.73. The normalized spacial score (nSPS) is 43.4. The highest BCUT2D eigenvalue weighted by molar-refractivity contribution is 6.65. The van der Waals surface area contributed by atoms with Crippen LogP contribution in [0.3, 0.4) is 0 Å². The van der Waals surface area contributed by atoms with E-state index in [4.69, 9.17) is 16.8 Å². The molecule has 3 heteroatoms. The van der Waals surface area contributed by atoms with Crippen molar-refractivity contribution in [2.75, 3.05) is 0 Å². The first kappa shape index (κ1) is 7.41. The van der Waals surface area contributed by atoms with Crippen molar-refractivity contribution in [2.45, 2.75) is 25.7 Å². The second kappa shape index (κ2) is 2.67. The third-order valence-corrected chi connectivity index (χ3v) is 3.36. The molecule has 3 atom stereocenters. The zero-order valence-corrected chi connectivity index (χ0v) is 7.09. The van der Waals surface area contributed by atoms with Crippen LogP contribution in [0.15, 0.2) is 5.16 Å². The molecule has 2 aliphatic carbocycles. The van der Waals surface area contributed by atoms with Crippen molar-refractivity contribution in [1.82, 2.24) is 0 Å². The molecule has 2 nitrogen and oxygen atoms in total. The second-order valence-electron chi connectivity index (χ2n) is 3.69. The predicted molar refractivity (Wildman–Crippen MR) is 44.0 cm³/mol. The van der Waals surface area contributed by atoms with Crippen LogP contribution in [0.2, 0.25) is 0 Å². The molecule has 0 heterocycles. The number of rotatable bonds is 1. The molecule has 2 rings (SSSR count). The van der Waals surface area contributed by atoms with Gasteiger partial charge in [0.05, 0.1) is 0 Å². The summed E-state index contributed by atoms with van der Waals surface area (Å²) in [6.45, 7) is 0. The highest BCUT2D eigenvalue weighted by Gasteiger charge is 2.43. The molecule has 11 heavy (non-hydrogen) atoms. The maximum atomic E-state index is 8.44. The molecule has 3 unspecified atom stereocenters. The van der Waals surface area contributed by atoms with E-state index in [1.54, 1.807) is 0 Å². The summed E-state index contributed by atoms with van der Waals surface area (Å²) in [6, 6.07) is 0.